The molecule has 1 fully saturated rings. The van der Waals surface area contributed by atoms with E-state index in [1.165, 1.54) is 12.1 Å². The van der Waals surface area contributed by atoms with Gasteiger partial charge in [0.2, 0.25) is 0 Å². The van der Waals surface area contributed by atoms with Crippen LogP contribution in [0.4, 0.5) is 4.39 Å². The number of hydrogen-bond donors (Lipinski definition) is 2. The van der Waals surface area contributed by atoms with Crippen molar-refractivity contribution >= 4 is 0 Å². The lowest BCUT2D eigenvalue weighted by Gasteiger charge is -2.23. The van der Waals surface area contributed by atoms with Crippen molar-refractivity contribution in [3.63, 3.8) is 0 Å². The van der Waals surface area contributed by atoms with Crippen LogP contribution in [-0.4, -0.2) is 13.1 Å². The average Bonchev–Trinajstić information content (AvgIpc) is 2.54. The first-order chi connectivity index (χ1) is 6.21. The number of nitrogens with one attached hydrogen (secondary N) is 1. The smallest absolute Gasteiger partial charge is 0.123 e. The number of benzene rings is 1. The molecule has 0 aliphatic carbocycles. The van der Waals surface area contributed by atoms with E-state index < -0.39 is 0 Å². The zero-order valence-corrected chi connectivity index (χ0v) is 7.39. The second kappa shape index (κ2) is 3.09. The normalized spacial score (nSPS) is 27.8. The van der Waals surface area contributed by atoms with E-state index in [0.29, 0.717) is 0 Å². The fourth-order valence-electron chi connectivity index (χ4n) is 1.76. The minimum absolute atomic E-state index is 0.214. The van der Waals surface area contributed by atoms with Crippen LogP contribution in [0.5, 0.6) is 0 Å². The van der Waals surface area contributed by atoms with Crippen LogP contribution >= 0.6 is 0 Å². The highest BCUT2D eigenvalue weighted by molar-refractivity contribution is 5.26. The first kappa shape index (κ1) is 8.66. The van der Waals surface area contributed by atoms with Crippen LogP contribution in [-0.2, 0) is 5.54 Å². The number of nitrogens with two attached hydrogens (primary N) is 1. The molecule has 13 heavy (non-hydrogen) atoms. The largest absolute Gasteiger partial charge is 0.320 e. The fourth-order valence-corrected chi connectivity index (χ4v) is 1.76. The van der Waals surface area contributed by atoms with Crippen molar-refractivity contribution in [1.82, 2.24) is 5.32 Å². The predicted octanol–water partition coefficient (Wildman–Crippen LogP) is 0.973. The van der Waals surface area contributed by atoms with Crippen LogP contribution in [0, 0.1) is 5.82 Å². The SMILES string of the molecule is NC1(c2cccc(F)c2)CCNC1. The molecular formula is C10H13FN2. The van der Waals surface area contributed by atoms with Gasteiger partial charge in [0, 0.05) is 6.54 Å². The van der Waals surface area contributed by atoms with Crippen molar-refractivity contribution in [2.24, 2.45) is 5.73 Å². The topological polar surface area (TPSA) is 38.0 Å². The minimum Gasteiger partial charge on any atom is -0.320 e. The van der Waals surface area contributed by atoms with Gasteiger partial charge in [-0.25, -0.2) is 4.39 Å². The quantitative estimate of drug-likeness (QED) is 0.676. The van der Waals surface area contributed by atoms with Crippen molar-refractivity contribution in [3.8, 4) is 0 Å². The molecule has 2 nitrogen and oxygen atoms in total. The Labute approximate surface area is 76.9 Å². The molecule has 0 spiro atoms. The summed E-state index contributed by atoms with van der Waals surface area (Å²) in [6.07, 6.45) is 0.871. The molecule has 0 aromatic heterocycles. The highest BCUT2D eigenvalue weighted by Gasteiger charge is 2.31. The summed E-state index contributed by atoms with van der Waals surface area (Å²) in [5.74, 6) is -0.214. The van der Waals surface area contributed by atoms with E-state index in [1.807, 2.05) is 6.07 Å². The Hall–Kier alpha value is -0.930. The van der Waals surface area contributed by atoms with E-state index in [2.05, 4.69) is 5.32 Å². The molecule has 1 aromatic carbocycles. The molecule has 0 saturated carbocycles. The molecule has 0 bridgehead atoms. The van der Waals surface area contributed by atoms with Gasteiger partial charge < -0.3 is 11.1 Å². The molecule has 0 amide bonds. The second-order valence-corrected chi connectivity index (χ2v) is 3.59. The number of rotatable bonds is 1. The maximum absolute atomic E-state index is 12.9. The molecule has 1 unspecified atom stereocenters. The molecule has 1 saturated heterocycles. The molecule has 1 atom stereocenters. The minimum atomic E-state index is -0.373. The van der Waals surface area contributed by atoms with E-state index in [4.69, 9.17) is 5.73 Å². The molecular weight excluding hydrogens is 167 g/mol. The molecule has 1 aliphatic rings. The Morgan fingerprint density at radius 2 is 2.31 bits per heavy atom. The Morgan fingerprint density at radius 1 is 1.46 bits per heavy atom. The van der Waals surface area contributed by atoms with Crippen LogP contribution in [0.25, 0.3) is 0 Å². The van der Waals surface area contributed by atoms with Gasteiger partial charge in [-0.2, -0.15) is 0 Å². The maximum Gasteiger partial charge on any atom is 0.123 e. The molecule has 3 N–H and O–H groups in total. The van der Waals surface area contributed by atoms with Crippen LogP contribution in [0.1, 0.15) is 12.0 Å². The van der Waals surface area contributed by atoms with E-state index >= 15 is 0 Å². The third kappa shape index (κ3) is 1.57. The van der Waals surface area contributed by atoms with Gasteiger partial charge in [-0.05, 0) is 30.7 Å². The molecule has 1 aromatic rings. The van der Waals surface area contributed by atoms with Crippen LogP contribution in [0.15, 0.2) is 24.3 Å². The zero-order chi connectivity index (χ0) is 9.31. The van der Waals surface area contributed by atoms with Crippen LogP contribution < -0.4 is 11.1 Å². The van der Waals surface area contributed by atoms with Gasteiger partial charge in [-0.1, -0.05) is 12.1 Å². The summed E-state index contributed by atoms with van der Waals surface area (Å²) in [4.78, 5) is 0. The Bertz CT molecular complexity index is 306. The maximum atomic E-state index is 12.9. The molecule has 1 aliphatic heterocycles. The third-order valence-corrected chi connectivity index (χ3v) is 2.59. The van der Waals surface area contributed by atoms with Crippen molar-refractivity contribution in [2.45, 2.75) is 12.0 Å². The van der Waals surface area contributed by atoms with Crippen molar-refractivity contribution in [1.29, 1.82) is 0 Å². The number of hydrogen-bond acceptors (Lipinski definition) is 2. The zero-order valence-electron chi connectivity index (χ0n) is 7.39. The molecule has 1 heterocycles. The van der Waals surface area contributed by atoms with Gasteiger partial charge in [0.25, 0.3) is 0 Å². The summed E-state index contributed by atoms with van der Waals surface area (Å²) in [7, 11) is 0. The van der Waals surface area contributed by atoms with E-state index in [0.717, 1.165) is 25.1 Å². The van der Waals surface area contributed by atoms with E-state index in [1.54, 1.807) is 6.07 Å². The van der Waals surface area contributed by atoms with Crippen LogP contribution in [0.3, 0.4) is 0 Å². The summed E-state index contributed by atoms with van der Waals surface area (Å²) in [6, 6.07) is 6.55. The molecule has 70 valence electrons. The second-order valence-electron chi connectivity index (χ2n) is 3.59. The van der Waals surface area contributed by atoms with E-state index in [9.17, 15) is 4.39 Å². The highest BCUT2D eigenvalue weighted by atomic mass is 19.1. The highest BCUT2D eigenvalue weighted by Crippen LogP contribution is 2.24. The van der Waals surface area contributed by atoms with Crippen LogP contribution in [0.2, 0.25) is 0 Å². The predicted molar refractivity (Wildman–Crippen MR) is 49.8 cm³/mol. The van der Waals surface area contributed by atoms with Gasteiger partial charge in [0.05, 0.1) is 5.54 Å². The van der Waals surface area contributed by atoms with Gasteiger partial charge in [0.1, 0.15) is 5.82 Å². The molecule has 3 heteroatoms. The van der Waals surface area contributed by atoms with Crippen molar-refractivity contribution in [2.75, 3.05) is 13.1 Å². The summed E-state index contributed by atoms with van der Waals surface area (Å²) in [5.41, 5.74) is 6.63. The molecule has 0 radical (unpaired) electrons. The van der Waals surface area contributed by atoms with E-state index in [-0.39, 0.29) is 11.4 Å². The Morgan fingerprint density at radius 3 is 2.92 bits per heavy atom. The lowest BCUT2D eigenvalue weighted by molar-refractivity contribution is 0.488. The summed E-state index contributed by atoms with van der Waals surface area (Å²) in [5, 5.41) is 3.18. The summed E-state index contributed by atoms with van der Waals surface area (Å²) >= 11 is 0. The Balaban J connectivity index is 2.33. The average molecular weight is 180 g/mol. The van der Waals surface area contributed by atoms with Crippen molar-refractivity contribution < 1.29 is 4.39 Å². The summed E-state index contributed by atoms with van der Waals surface area (Å²) < 4.78 is 12.9. The van der Waals surface area contributed by atoms with Gasteiger partial charge in [0.15, 0.2) is 0 Å². The summed E-state index contributed by atoms with van der Waals surface area (Å²) in [6.45, 7) is 1.64. The van der Waals surface area contributed by atoms with Gasteiger partial charge in [-0.15, -0.1) is 0 Å². The lowest BCUT2D eigenvalue weighted by Crippen LogP contribution is -2.38. The number of halogens is 1. The van der Waals surface area contributed by atoms with Gasteiger partial charge >= 0.3 is 0 Å². The first-order valence-electron chi connectivity index (χ1n) is 4.46. The molecule has 2 rings (SSSR count). The van der Waals surface area contributed by atoms with Gasteiger partial charge in [-0.3, -0.25) is 0 Å². The monoisotopic (exact) mass is 180 g/mol. The third-order valence-electron chi connectivity index (χ3n) is 2.59. The Kier molecular flexibility index (Phi) is 2.06. The van der Waals surface area contributed by atoms with Crippen molar-refractivity contribution in [3.05, 3.63) is 35.6 Å². The standard InChI is InChI=1S/C10H13FN2/c11-9-3-1-2-8(6-9)10(12)4-5-13-7-10/h1-3,6,13H,4-5,7,12H2. The lowest BCUT2D eigenvalue weighted by atomic mass is 9.90. The fraction of sp³-hybridized carbons (Fsp3) is 0.400. The first-order valence-corrected chi connectivity index (χ1v) is 4.46.